The van der Waals surface area contributed by atoms with Crippen LogP contribution in [0.1, 0.15) is 15.9 Å². The summed E-state index contributed by atoms with van der Waals surface area (Å²) in [6.07, 6.45) is -1.76. The minimum Gasteiger partial charge on any atom is -0.467 e. The summed E-state index contributed by atoms with van der Waals surface area (Å²) in [6, 6.07) is 8.34. The van der Waals surface area contributed by atoms with Crippen molar-refractivity contribution in [3.05, 3.63) is 58.9 Å². The number of halogens is 4. The number of aromatic nitrogens is 2. The predicted molar refractivity (Wildman–Crippen MR) is 95.2 cm³/mol. The van der Waals surface area contributed by atoms with Crippen molar-refractivity contribution in [3.63, 3.8) is 0 Å². The Hall–Kier alpha value is -2.87. The molecule has 3 rings (SSSR count). The maximum atomic E-state index is 12.5. The fourth-order valence-corrected chi connectivity index (χ4v) is 2.64. The Bertz CT molecular complexity index is 1010. The second-order valence-electron chi connectivity index (χ2n) is 5.70. The second kappa shape index (κ2) is 7.40. The maximum Gasteiger partial charge on any atom is 0.422 e. The molecule has 0 spiro atoms. The van der Waals surface area contributed by atoms with Crippen LogP contribution in [-0.2, 0) is 0 Å². The van der Waals surface area contributed by atoms with E-state index < -0.39 is 24.6 Å². The lowest BCUT2D eigenvalue weighted by atomic mass is 10.1. The highest BCUT2D eigenvalue weighted by molar-refractivity contribution is 6.32. The summed E-state index contributed by atoms with van der Waals surface area (Å²) < 4.78 is 41.2. The van der Waals surface area contributed by atoms with Crippen molar-refractivity contribution in [3.8, 4) is 5.88 Å². The van der Waals surface area contributed by atoms with Crippen molar-refractivity contribution >= 4 is 34.1 Å². The van der Waals surface area contributed by atoms with Gasteiger partial charge in [-0.3, -0.25) is 9.78 Å². The number of rotatable bonds is 4. The van der Waals surface area contributed by atoms with E-state index in [0.717, 1.165) is 22.7 Å². The Balaban J connectivity index is 1.81. The minimum absolute atomic E-state index is 0.0805. The molecule has 0 aliphatic carbocycles. The van der Waals surface area contributed by atoms with E-state index >= 15 is 0 Å². The topological polar surface area (TPSA) is 64.1 Å². The van der Waals surface area contributed by atoms with Gasteiger partial charge in [-0.1, -0.05) is 17.7 Å². The zero-order valence-corrected chi connectivity index (χ0v) is 14.7. The Morgan fingerprint density at radius 1 is 1.26 bits per heavy atom. The molecule has 3 aromatic rings. The average molecular weight is 396 g/mol. The number of ether oxygens (including phenoxy) is 1. The van der Waals surface area contributed by atoms with Gasteiger partial charge in [-0.2, -0.15) is 13.2 Å². The molecule has 0 saturated heterocycles. The zero-order chi connectivity index (χ0) is 19.6. The van der Waals surface area contributed by atoms with Gasteiger partial charge in [0.15, 0.2) is 6.61 Å². The molecule has 0 radical (unpaired) electrons. The van der Waals surface area contributed by atoms with Crippen LogP contribution in [0.4, 0.5) is 18.9 Å². The van der Waals surface area contributed by atoms with Gasteiger partial charge in [-0.25, -0.2) is 4.98 Å². The molecule has 0 fully saturated rings. The lowest BCUT2D eigenvalue weighted by Crippen LogP contribution is -2.20. The molecule has 1 aromatic carbocycles. The largest absolute Gasteiger partial charge is 0.467 e. The number of hydrogen-bond donors (Lipinski definition) is 1. The number of nitrogens with one attached hydrogen (secondary N) is 1. The Kier molecular flexibility index (Phi) is 5.18. The summed E-state index contributed by atoms with van der Waals surface area (Å²) in [5.41, 5.74) is 2.33. The molecule has 27 heavy (non-hydrogen) atoms. The van der Waals surface area contributed by atoms with Gasteiger partial charge < -0.3 is 10.1 Å². The molecule has 140 valence electrons. The van der Waals surface area contributed by atoms with E-state index in [0.29, 0.717) is 5.69 Å². The number of hydrogen-bond acceptors (Lipinski definition) is 4. The van der Waals surface area contributed by atoms with Crippen LogP contribution >= 0.6 is 11.6 Å². The van der Waals surface area contributed by atoms with Crippen LogP contribution in [0.15, 0.2) is 42.7 Å². The molecular weight excluding hydrogens is 383 g/mol. The number of benzene rings is 1. The first kappa shape index (κ1) is 18.9. The summed E-state index contributed by atoms with van der Waals surface area (Å²) in [7, 11) is 0. The summed E-state index contributed by atoms with van der Waals surface area (Å²) in [5.74, 6) is -0.906. The number of carbonyl (C=O) groups excluding carboxylic acids is 1. The lowest BCUT2D eigenvalue weighted by Gasteiger charge is -2.12. The summed E-state index contributed by atoms with van der Waals surface area (Å²) in [6.45, 7) is 0.387. The normalized spacial score (nSPS) is 11.4. The summed E-state index contributed by atoms with van der Waals surface area (Å²) in [5, 5.41) is 3.30. The minimum atomic E-state index is -4.51. The van der Waals surface area contributed by atoms with Crippen LogP contribution in [0.3, 0.4) is 0 Å². The van der Waals surface area contributed by atoms with Gasteiger partial charge in [0.05, 0.1) is 16.8 Å². The number of anilines is 1. The molecule has 0 bridgehead atoms. The van der Waals surface area contributed by atoms with E-state index in [4.69, 9.17) is 11.6 Å². The maximum absolute atomic E-state index is 12.5. The molecular formula is C18H13ClF3N3O2. The highest BCUT2D eigenvalue weighted by Gasteiger charge is 2.29. The Morgan fingerprint density at radius 2 is 2.04 bits per heavy atom. The molecule has 9 heteroatoms. The van der Waals surface area contributed by atoms with Crippen LogP contribution in [-0.4, -0.2) is 28.7 Å². The van der Waals surface area contributed by atoms with Crippen molar-refractivity contribution in [2.45, 2.75) is 13.1 Å². The van der Waals surface area contributed by atoms with E-state index in [-0.39, 0.29) is 10.6 Å². The number of carbonyl (C=O) groups is 1. The van der Waals surface area contributed by atoms with E-state index in [1.165, 1.54) is 6.07 Å². The number of nitrogens with zero attached hydrogens (tertiary/aromatic N) is 2. The third kappa shape index (κ3) is 4.46. The molecule has 0 aliphatic rings. The number of pyridine rings is 2. The molecule has 1 N–H and O–H groups in total. The van der Waals surface area contributed by atoms with Gasteiger partial charge in [0.1, 0.15) is 5.02 Å². The highest BCUT2D eigenvalue weighted by Crippen LogP contribution is 2.27. The lowest BCUT2D eigenvalue weighted by molar-refractivity contribution is -0.154. The number of fused-ring (bicyclic) bond motifs is 1. The van der Waals surface area contributed by atoms with Gasteiger partial charge in [0.2, 0.25) is 5.88 Å². The second-order valence-corrected chi connectivity index (χ2v) is 6.11. The quantitative estimate of drug-likeness (QED) is 0.690. The first-order chi connectivity index (χ1) is 12.7. The van der Waals surface area contributed by atoms with Gasteiger partial charge in [-0.15, -0.1) is 0 Å². The van der Waals surface area contributed by atoms with Crippen LogP contribution in [0.5, 0.6) is 5.88 Å². The van der Waals surface area contributed by atoms with Crippen LogP contribution in [0.2, 0.25) is 5.02 Å². The summed E-state index contributed by atoms with van der Waals surface area (Å²) in [4.78, 5) is 20.5. The first-order valence-electron chi connectivity index (χ1n) is 7.75. The van der Waals surface area contributed by atoms with E-state index in [1.807, 2.05) is 19.1 Å². The Morgan fingerprint density at radius 3 is 2.74 bits per heavy atom. The molecule has 0 aliphatic heterocycles. The van der Waals surface area contributed by atoms with Crippen LogP contribution in [0, 0.1) is 6.92 Å². The molecule has 1 amide bonds. The number of amides is 1. The van der Waals surface area contributed by atoms with Crippen molar-refractivity contribution in [2.75, 3.05) is 11.9 Å². The molecule has 0 unspecified atom stereocenters. The standard InChI is InChI=1S/C18H13ClF3N3O2/c1-10-4-5-14(12-3-2-6-23-15(10)12)25-16(26)11-7-13(19)17(24-8-11)27-9-18(20,21)22/h2-8H,9H2,1H3,(H,25,26). The van der Waals surface area contributed by atoms with Gasteiger partial charge in [0, 0.05) is 17.8 Å². The third-order valence-electron chi connectivity index (χ3n) is 3.66. The van der Waals surface area contributed by atoms with Crippen molar-refractivity contribution in [1.29, 1.82) is 0 Å². The zero-order valence-electron chi connectivity index (χ0n) is 14.0. The molecule has 2 heterocycles. The predicted octanol–water partition coefficient (Wildman–Crippen LogP) is 4.79. The monoisotopic (exact) mass is 395 g/mol. The molecule has 5 nitrogen and oxygen atoms in total. The number of alkyl halides is 3. The Labute approximate surface area is 157 Å². The SMILES string of the molecule is Cc1ccc(NC(=O)c2cnc(OCC(F)(F)F)c(Cl)c2)c2cccnc12. The first-order valence-corrected chi connectivity index (χ1v) is 8.13. The van der Waals surface area contributed by atoms with E-state index in [2.05, 4.69) is 20.0 Å². The third-order valence-corrected chi connectivity index (χ3v) is 3.93. The summed E-state index contributed by atoms with van der Waals surface area (Å²) >= 11 is 5.88. The fraction of sp³-hybridized carbons (Fsp3) is 0.167. The molecule has 0 atom stereocenters. The number of aryl methyl sites for hydroxylation is 1. The van der Waals surface area contributed by atoms with Crippen molar-refractivity contribution in [1.82, 2.24) is 9.97 Å². The van der Waals surface area contributed by atoms with Crippen LogP contribution in [0.25, 0.3) is 10.9 Å². The van der Waals surface area contributed by atoms with Crippen LogP contribution < -0.4 is 10.1 Å². The van der Waals surface area contributed by atoms with Crippen molar-refractivity contribution < 1.29 is 22.7 Å². The van der Waals surface area contributed by atoms with Gasteiger partial charge in [-0.05, 0) is 36.8 Å². The average Bonchev–Trinajstić information content (AvgIpc) is 2.62. The highest BCUT2D eigenvalue weighted by atomic mass is 35.5. The molecule has 0 saturated carbocycles. The fourth-order valence-electron chi connectivity index (χ4n) is 2.42. The van der Waals surface area contributed by atoms with E-state index in [9.17, 15) is 18.0 Å². The smallest absolute Gasteiger partial charge is 0.422 e. The van der Waals surface area contributed by atoms with Gasteiger partial charge >= 0.3 is 6.18 Å². The van der Waals surface area contributed by atoms with E-state index in [1.54, 1.807) is 18.3 Å². The molecule has 2 aromatic heterocycles. The van der Waals surface area contributed by atoms with Crippen molar-refractivity contribution in [2.24, 2.45) is 0 Å². The van der Waals surface area contributed by atoms with Gasteiger partial charge in [0.25, 0.3) is 5.91 Å².